The highest BCUT2D eigenvalue weighted by atomic mass is 16.5. The molecule has 2 unspecified atom stereocenters. The third kappa shape index (κ3) is 4.18. The molecule has 2 heterocycles. The molecule has 1 aromatic heterocycles. The lowest BCUT2D eigenvalue weighted by molar-refractivity contribution is -0.00747. The summed E-state index contributed by atoms with van der Waals surface area (Å²) in [7, 11) is 1.82. The predicted octanol–water partition coefficient (Wildman–Crippen LogP) is 2.76. The summed E-state index contributed by atoms with van der Waals surface area (Å²) in [6.45, 7) is 8.55. The maximum atomic E-state index is 5.57. The average molecular weight is 277 g/mol. The van der Waals surface area contributed by atoms with Crippen LogP contribution in [0.2, 0.25) is 0 Å². The van der Waals surface area contributed by atoms with Crippen molar-refractivity contribution in [1.29, 1.82) is 0 Å². The third-order valence-electron chi connectivity index (χ3n) is 4.06. The summed E-state index contributed by atoms with van der Waals surface area (Å²) in [5.41, 5.74) is 1.27. The lowest BCUT2D eigenvalue weighted by Gasteiger charge is -2.36. The highest BCUT2D eigenvalue weighted by Gasteiger charge is 2.25. The Morgan fingerprint density at radius 1 is 1.45 bits per heavy atom. The number of piperidine rings is 1. The Kier molecular flexibility index (Phi) is 5.80. The number of likely N-dealkylation sites (tertiary alicyclic amines) is 1. The largest absolute Gasteiger partial charge is 0.380 e. The molecule has 1 fully saturated rings. The molecule has 0 radical (unpaired) electrons. The number of rotatable bonds is 6. The Hall–Kier alpha value is -1.13. The van der Waals surface area contributed by atoms with Gasteiger partial charge in [0, 0.05) is 32.9 Å². The van der Waals surface area contributed by atoms with Crippen molar-refractivity contribution in [3.8, 4) is 0 Å². The molecule has 4 heteroatoms. The van der Waals surface area contributed by atoms with Crippen molar-refractivity contribution in [2.24, 2.45) is 5.92 Å². The van der Waals surface area contributed by atoms with Gasteiger partial charge in [0.15, 0.2) is 0 Å². The first-order valence-electron chi connectivity index (χ1n) is 7.67. The second-order valence-corrected chi connectivity index (χ2v) is 5.75. The van der Waals surface area contributed by atoms with Crippen molar-refractivity contribution in [3.05, 3.63) is 23.9 Å². The summed E-state index contributed by atoms with van der Waals surface area (Å²) in [5.74, 6) is 1.63. The fraction of sp³-hybridized carbons (Fsp3) is 0.688. The SMILES string of the molecule is CCCNc1ccc(CN2CCC(C)C(OC)C2)cn1. The molecule has 0 bridgehead atoms. The van der Waals surface area contributed by atoms with E-state index in [0.717, 1.165) is 38.4 Å². The minimum absolute atomic E-state index is 0.363. The summed E-state index contributed by atoms with van der Waals surface area (Å²) in [5, 5.41) is 3.30. The van der Waals surface area contributed by atoms with Crippen LogP contribution in [0.1, 0.15) is 32.3 Å². The van der Waals surface area contributed by atoms with Crippen molar-refractivity contribution in [1.82, 2.24) is 9.88 Å². The molecular formula is C16H27N3O. The van der Waals surface area contributed by atoms with Crippen molar-refractivity contribution in [2.45, 2.75) is 39.3 Å². The molecule has 2 rings (SSSR count). The molecule has 1 N–H and O–H groups in total. The Balaban J connectivity index is 1.86. The van der Waals surface area contributed by atoms with Crippen molar-refractivity contribution in [2.75, 3.05) is 32.1 Å². The fourth-order valence-electron chi connectivity index (χ4n) is 2.68. The number of hydrogen-bond donors (Lipinski definition) is 1. The van der Waals surface area contributed by atoms with Gasteiger partial charge in [0.25, 0.3) is 0 Å². The summed E-state index contributed by atoms with van der Waals surface area (Å²) < 4.78 is 5.57. The molecular weight excluding hydrogens is 250 g/mol. The van der Waals surface area contributed by atoms with Crippen LogP contribution in [0.5, 0.6) is 0 Å². The van der Waals surface area contributed by atoms with Gasteiger partial charge in [0.2, 0.25) is 0 Å². The van der Waals surface area contributed by atoms with E-state index in [9.17, 15) is 0 Å². The van der Waals surface area contributed by atoms with Crippen molar-refractivity contribution in [3.63, 3.8) is 0 Å². The molecule has 0 spiro atoms. The summed E-state index contributed by atoms with van der Waals surface area (Å²) >= 11 is 0. The highest BCUT2D eigenvalue weighted by molar-refractivity contribution is 5.35. The fourth-order valence-corrected chi connectivity index (χ4v) is 2.68. The molecule has 0 saturated carbocycles. The smallest absolute Gasteiger partial charge is 0.125 e. The van der Waals surface area contributed by atoms with Crippen LogP contribution in [-0.2, 0) is 11.3 Å². The number of ether oxygens (including phenoxy) is 1. The Morgan fingerprint density at radius 2 is 2.30 bits per heavy atom. The van der Waals surface area contributed by atoms with E-state index in [0.29, 0.717) is 12.0 Å². The normalized spacial score (nSPS) is 23.8. The minimum Gasteiger partial charge on any atom is -0.380 e. The van der Waals surface area contributed by atoms with Gasteiger partial charge >= 0.3 is 0 Å². The number of nitrogens with zero attached hydrogens (tertiary/aromatic N) is 2. The molecule has 1 aliphatic rings. The van der Waals surface area contributed by atoms with Gasteiger partial charge in [-0.2, -0.15) is 0 Å². The van der Waals surface area contributed by atoms with Gasteiger partial charge in [-0.25, -0.2) is 4.98 Å². The summed E-state index contributed by atoms with van der Waals surface area (Å²) in [4.78, 5) is 6.93. The number of hydrogen-bond acceptors (Lipinski definition) is 4. The zero-order chi connectivity index (χ0) is 14.4. The number of aromatic nitrogens is 1. The summed E-state index contributed by atoms with van der Waals surface area (Å²) in [6, 6.07) is 4.25. The van der Waals surface area contributed by atoms with E-state index in [1.165, 1.54) is 12.0 Å². The van der Waals surface area contributed by atoms with E-state index in [-0.39, 0.29) is 0 Å². The number of methoxy groups -OCH3 is 1. The number of anilines is 1. The van der Waals surface area contributed by atoms with Crippen LogP contribution in [0, 0.1) is 5.92 Å². The summed E-state index contributed by atoms with van der Waals surface area (Å²) in [6.07, 6.45) is 4.68. The van der Waals surface area contributed by atoms with Gasteiger partial charge in [0.1, 0.15) is 5.82 Å². The zero-order valence-corrected chi connectivity index (χ0v) is 12.9. The Morgan fingerprint density at radius 3 is 2.95 bits per heavy atom. The molecule has 1 aliphatic heterocycles. The molecule has 4 nitrogen and oxygen atoms in total. The van der Waals surface area contributed by atoms with E-state index in [2.05, 4.69) is 41.2 Å². The minimum atomic E-state index is 0.363. The molecule has 0 aromatic carbocycles. The maximum Gasteiger partial charge on any atom is 0.125 e. The van der Waals surface area contributed by atoms with Gasteiger partial charge in [0.05, 0.1) is 6.10 Å². The van der Waals surface area contributed by atoms with E-state index in [1.807, 2.05) is 13.3 Å². The molecule has 1 aromatic rings. The first-order valence-corrected chi connectivity index (χ1v) is 7.67. The van der Waals surface area contributed by atoms with Crippen molar-refractivity contribution >= 4 is 5.82 Å². The maximum absolute atomic E-state index is 5.57. The standard InChI is InChI=1S/C16H27N3O/c1-4-8-17-16-6-5-14(10-18-16)11-19-9-7-13(2)15(12-19)20-3/h5-6,10,13,15H,4,7-9,11-12H2,1-3H3,(H,17,18). The van der Waals surface area contributed by atoms with Crippen LogP contribution in [0.4, 0.5) is 5.82 Å². The van der Waals surface area contributed by atoms with E-state index in [1.54, 1.807) is 0 Å². The van der Waals surface area contributed by atoms with Gasteiger partial charge in [-0.1, -0.05) is 19.9 Å². The molecule has 20 heavy (non-hydrogen) atoms. The molecule has 112 valence electrons. The van der Waals surface area contributed by atoms with Crippen molar-refractivity contribution < 1.29 is 4.74 Å². The lowest BCUT2D eigenvalue weighted by Crippen LogP contribution is -2.43. The number of nitrogens with one attached hydrogen (secondary N) is 1. The molecule has 0 aliphatic carbocycles. The first kappa shape index (κ1) is 15.3. The first-order chi connectivity index (χ1) is 9.72. The zero-order valence-electron chi connectivity index (χ0n) is 12.9. The van der Waals surface area contributed by atoms with Gasteiger partial charge in [-0.3, -0.25) is 4.90 Å². The second kappa shape index (κ2) is 7.60. The van der Waals surface area contributed by atoms with E-state index >= 15 is 0 Å². The molecule has 0 amide bonds. The van der Waals surface area contributed by atoms with Crippen LogP contribution >= 0.6 is 0 Å². The highest BCUT2D eigenvalue weighted by Crippen LogP contribution is 2.21. The van der Waals surface area contributed by atoms with Crippen LogP contribution in [-0.4, -0.2) is 42.7 Å². The molecule has 2 atom stereocenters. The van der Waals surface area contributed by atoms with E-state index in [4.69, 9.17) is 4.74 Å². The second-order valence-electron chi connectivity index (χ2n) is 5.75. The van der Waals surface area contributed by atoms with Crippen LogP contribution < -0.4 is 5.32 Å². The van der Waals surface area contributed by atoms with Crippen LogP contribution in [0.3, 0.4) is 0 Å². The van der Waals surface area contributed by atoms with Gasteiger partial charge in [-0.15, -0.1) is 0 Å². The quantitative estimate of drug-likeness (QED) is 0.867. The van der Waals surface area contributed by atoms with E-state index < -0.39 is 0 Å². The predicted molar refractivity (Wildman–Crippen MR) is 82.9 cm³/mol. The Bertz CT molecular complexity index is 393. The lowest BCUT2D eigenvalue weighted by atomic mass is 9.95. The van der Waals surface area contributed by atoms with Crippen LogP contribution in [0.15, 0.2) is 18.3 Å². The average Bonchev–Trinajstić information content (AvgIpc) is 2.48. The van der Waals surface area contributed by atoms with Gasteiger partial charge < -0.3 is 10.1 Å². The monoisotopic (exact) mass is 277 g/mol. The Labute approximate surface area is 122 Å². The topological polar surface area (TPSA) is 37.4 Å². The third-order valence-corrected chi connectivity index (χ3v) is 4.06. The molecule has 1 saturated heterocycles. The van der Waals surface area contributed by atoms with Gasteiger partial charge in [-0.05, 0) is 36.9 Å². The number of pyridine rings is 1. The van der Waals surface area contributed by atoms with Crippen LogP contribution in [0.25, 0.3) is 0 Å².